The van der Waals surface area contributed by atoms with Crippen LogP contribution in [0.15, 0.2) is 22.7 Å². The number of carbonyl (C=O) groups excluding carboxylic acids is 1. The molecule has 1 aromatic carbocycles. The third kappa shape index (κ3) is 8.07. The van der Waals surface area contributed by atoms with Gasteiger partial charge in [0.2, 0.25) is 5.91 Å². The molecule has 174 valence electrons. The lowest BCUT2D eigenvalue weighted by molar-refractivity contribution is -0.124. The van der Waals surface area contributed by atoms with Gasteiger partial charge < -0.3 is 20.1 Å². The lowest BCUT2D eigenvalue weighted by atomic mass is 9.83. The van der Waals surface area contributed by atoms with Gasteiger partial charge in [-0.1, -0.05) is 15.9 Å². The van der Waals surface area contributed by atoms with E-state index in [0.29, 0.717) is 0 Å². The van der Waals surface area contributed by atoms with Gasteiger partial charge in [0.15, 0.2) is 0 Å². The van der Waals surface area contributed by atoms with Crippen molar-refractivity contribution in [3.05, 3.63) is 28.2 Å². The number of carbonyl (C=O) groups is 1. The Morgan fingerprint density at radius 1 is 1.16 bits per heavy atom. The molecule has 2 aliphatic rings. The Balaban J connectivity index is 1.36. The first-order valence-electron chi connectivity index (χ1n) is 12.0. The molecule has 0 unspecified atom stereocenters. The van der Waals surface area contributed by atoms with Gasteiger partial charge in [-0.3, -0.25) is 4.79 Å². The monoisotopic (exact) mass is 494 g/mol. The van der Waals surface area contributed by atoms with Gasteiger partial charge in [-0.15, -0.1) is 0 Å². The molecule has 1 aliphatic heterocycles. The van der Waals surface area contributed by atoms with Crippen molar-refractivity contribution in [2.75, 3.05) is 26.2 Å². The number of aliphatic hydroxyl groups is 1. The van der Waals surface area contributed by atoms with Crippen molar-refractivity contribution in [1.82, 2.24) is 10.2 Å². The van der Waals surface area contributed by atoms with Crippen LogP contribution < -0.4 is 10.1 Å². The summed E-state index contributed by atoms with van der Waals surface area (Å²) in [7, 11) is 0. The fraction of sp³-hybridized carbons (Fsp3) is 0.720. The molecule has 3 rings (SSSR count). The summed E-state index contributed by atoms with van der Waals surface area (Å²) in [5.74, 6) is 2.25. The number of hydrogen-bond donors (Lipinski definition) is 2. The van der Waals surface area contributed by atoms with Gasteiger partial charge in [0.1, 0.15) is 12.4 Å². The Morgan fingerprint density at radius 3 is 2.52 bits per heavy atom. The number of nitrogens with one attached hydrogen (secondary N) is 1. The van der Waals surface area contributed by atoms with Crippen LogP contribution in [0.1, 0.15) is 64.4 Å². The highest BCUT2D eigenvalue weighted by atomic mass is 79.9. The van der Waals surface area contributed by atoms with E-state index in [-0.39, 0.29) is 18.1 Å². The summed E-state index contributed by atoms with van der Waals surface area (Å²) >= 11 is 3.72. The molecule has 2 fully saturated rings. The summed E-state index contributed by atoms with van der Waals surface area (Å²) in [5, 5.41) is 11.8. The molecule has 5 nitrogen and oxygen atoms in total. The summed E-state index contributed by atoms with van der Waals surface area (Å²) in [4.78, 5) is 14.0. The van der Waals surface area contributed by atoms with Gasteiger partial charge in [-0.2, -0.15) is 0 Å². The predicted octanol–water partition coefficient (Wildman–Crippen LogP) is 4.55. The molecular formula is C25H39BrN2O3. The van der Waals surface area contributed by atoms with Gasteiger partial charge in [-0.25, -0.2) is 0 Å². The first kappa shape index (κ1) is 24.5. The van der Waals surface area contributed by atoms with Gasteiger partial charge in [0.05, 0.1) is 6.10 Å². The van der Waals surface area contributed by atoms with E-state index in [1.54, 1.807) is 0 Å². The maximum atomic E-state index is 11.3. The smallest absolute Gasteiger partial charge is 0.245 e. The normalized spacial score (nSPS) is 23.1. The number of aliphatic hydroxyl groups excluding tert-OH is 1. The molecule has 1 amide bonds. The summed E-state index contributed by atoms with van der Waals surface area (Å²) in [6.07, 6.45) is 9.60. The van der Waals surface area contributed by atoms with E-state index in [4.69, 9.17) is 9.84 Å². The lowest BCUT2D eigenvalue weighted by Crippen LogP contribution is -2.40. The van der Waals surface area contributed by atoms with Gasteiger partial charge in [-0.05, 0) is 120 Å². The van der Waals surface area contributed by atoms with Crippen molar-refractivity contribution in [3.63, 3.8) is 0 Å². The van der Waals surface area contributed by atoms with Gasteiger partial charge in [0, 0.05) is 10.5 Å². The number of rotatable bonds is 9. The van der Waals surface area contributed by atoms with Crippen LogP contribution in [0.5, 0.6) is 5.75 Å². The van der Waals surface area contributed by atoms with Crippen molar-refractivity contribution in [3.8, 4) is 5.75 Å². The molecule has 1 aliphatic carbocycles. The molecule has 0 radical (unpaired) electrons. The minimum Gasteiger partial charge on any atom is -0.491 e. The molecule has 31 heavy (non-hydrogen) atoms. The summed E-state index contributed by atoms with van der Waals surface area (Å²) in [6, 6.07) is 6.63. The third-order valence-corrected chi connectivity index (χ3v) is 7.59. The average Bonchev–Trinajstić information content (AvgIpc) is 2.76. The highest BCUT2D eigenvalue weighted by Gasteiger charge is 2.24. The average molecular weight is 496 g/mol. The Labute approximate surface area is 196 Å². The zero-order valence-corrected chi connectivity index (χ0v) is 20.7. The van der Waals surface area contributed by atoms with Crippen molar-refractivity contribution in [1.29, 1.82) is 0 Å². The number of likely N-dealkylation sites (tertiary alicyclic amines) is 1. The lowest BCUT2D eigenvalue weighted by Gasteiger charge is -2.34. The van der Waals surface area contributed by atoms with Crippen LogP contribution in [0.3, 0.4) is 0 Å². The molecule has 1 aromatic rings. The van der Waals surface area contributed by atoms with Crippen LogP contribution in [0.2, 0.25) is 0 Å². The maximum Gasteiger partial charge on any atom is 0.245 e. The number of piperidine rings is 1. The fourth-order valence-corrected chi connectivity index (χ4v) is 5.42. The second-order valence-corrected chi connectivity index (χ2v) is 10.5. The number of ether oxygens (including phenoxy) is 1. The number of benzene rings is 1. The van der Waals surface area contributed by atoms with Gasteiger partial charge >= 0.3 is 0 Å². The molecular weight excluding hydrogens is 456 g/mol. The van der Waals surface area contributed by atoms with Crippen molar-refractivity contribution < 1.29 is 14.6 Å². The van der Waals surface area contributed by atoms with E-state index in [1.807, 2.05) is 6.07 Å². The minimum absolute atomic E-state index is 0.201. The molecule has 0 aromatic heterocycles. The largest absolute Gasteiger partial charge is 0.491 e. The second kappa shape index (κ2) is 12.2. The zero-order chi connectivity index (χ0) is 22.2. The van der Waals surface area contributed by atoms with Crippen molar-refractivity contribution >= 4 is 21.8 Å². The van der Waals surface area contributed by atoms with Crippen LogP contribution in [0, 0.1) is 11.8 Å². The number of nitrogens with zero attached hydrogens (tertiary/aromatic N) is 1. The molecule has 0 bridgehead atoms. The molecule has 2 N–H and O–H groups in total. The maximum absolute atomic E-state index is 11.3. The standard InChI is InChI=1S/C25H39BrN2O3/c1-18(2)31-23-7-8-24(26)21(16-23)15-20-10-13-28(14-11-20)12-9-19-3-5-22(6-4-19)27-25(30)17-29/h7-8,16,18-20,22,29H,3-6,9-15,17H2,1-2H3,(H,27,30)/t19-,22-. The molecule has 0 spiro atoms. The Kier molecular flexibility index (Phi) is 9.67. The minimum atomic E-state index is -0.399. The highest BCUT2D eigenvalue weighted by Crippen LogP contribution is 2.30. The van der Waals surface area contributed by atoms with Gasteiger partial charge in [0.25, 0.3) is 0 Å². The van der Waals surface area contributed by atoms with Crippen molar-refractivity contribution in [2.45, 2.75) is 77.4 Å². The van der Waals surface area contributed by atoms with Crippen LogP contribution in [-0.2, 0) is 11.2 Å². The molecule has 1 saturated carbocycles. The van der Waals surface area contributed by atoms with Crippen LogP contribution in [0.4, 0.5) is 0 Å². The Bertz CT molecular complexity index is 696. The third-order valence-electron chi connectivity index (χ3n) is 6.81. The second-order valence-electron chi connectivity index (χ2n) is 9.64. The molecule has 0 atom stereocenters. The van der Waals surface area contributed by atoms with E-state index in [1.165, 1.54) is 61.8 Å². The van der Waals surface area contributed by atoms with Crippen LogP contribution in [-0.4, -0.2) is 54.3 Å². The molecule has 1 saturated heterocycles. The quantitative estimate of drug-likeness (QED) is 0.528. The van der Waals surface area contributed by atoms with E-state index >= 15 is 0 Å². The molecule has 1 heterocycles. The number of halogens is 1. The Hall–Kier alpha value is -1.11. The summed E-state index contributed by atoms with van der Waals surface area (Å²) in [5.41, 5.74) is 1.36. The van der Waals surface area contributed by atoms with E-state index in [0.717, 1.165) is 36.8 Å². The number of amides is 1. The van der Waals surface area contributed by atoms with E-state index in [2.05, 4.69) is 52.1 Å². The first-order valence-corrected chi connectivity index (χ1v) is 12.8. The molecule has 6 heteroatoms. The predicted molar refractivity (Wildman–Crippen MR) is 128 cm³/mol. The van der Waals surface area contributed by atoms with E-state index in [9.17, 15) is 4.79 Å². The van der Waals surface area contributed by atoms with Crippen molar-refractivity contribution in [2.24, 2.45) is 11.8 Å². The summed E-state index contributed by atoms with van der Waals surface area (Å²) < 4.78 is 7.07. The first-order chi connectivity index (χ1) is 14.9. The SMILES string of the molecule is CC(C)Oc1ccc(Br)c(CC2CCN(CC[C@H]3CC[C@H](NC(=O)CO)CC3)CC2)c1. The van der Waals surface area contributed by atoms with Crippen LogP contribution >= 0.6 is 15.9 Å². The number of hydrogen-bond acceptors (Lipinski definition) is 4. The fourth-order valence-electron chi connectivity index (χ4n) is 5.01. The topological polar surface area (TPSA) is 61.8 Å². The highest BCUT2D eigenvalue weighted by molar-refractivity contribution is 9.10. The zero-order valence-electron chi connectivity index (χ0n) is 19.1. The van der Waals surface area contributed by atoms with Crippen LogP contribution in [0.25, 0.3) is 0 Å². The summed E-state index contributed by atoms with van der Waals surface area (Å²) in [6.45, 7) is 7.34. The Morgan fingerprint density at radius 2 is 1.87 bits per heavy atom. The van der Waals surface area contributed by atoms with E-state index < -0.39 is 6.61 Å².